The van der Waals surface area contributed by atoms with Gasteiger partial charge < -0.3 is 4.42 Å². The number of alkyl halides is 1. The molecule has 1 aromatic carbocycles. The molecule has 0 unspecified atom stereocenters. The van der Waals surface area contributed by atoms with Gasteiger partial charge in [0.2, 0.25) is 0 Å². The highest BCUT2D eigenvalue weighted by molar-refractivity contribution is 9.10. The molecule has 0 saturated carbocycles. The molecule has 0 bridgehead atoms. The monoisotopic (exact) mass is 333 g/mol. The van der Waals surface area contributed by atoms with Crippen molar-refractivity contribution in [1.29, 1.82) is 0 Å². The Labute approximate surface area is 102 Å². The molecule has 2 aromatic rings. The lowest BCUT2D eigenvalue weighted by Crippen LogP contribution is -1.88. The predicted octanol–water partition coefficient (Wildman–Crippen LogP) is 4.00. The summed E-state index contributed by atoms with van der Waals surface area (Å²) < 4.78 is 5.86. The van der Waals surface area contributed by atoms with Gasteiger partial charge in [-0.2, -0.15) is 0 Å². The van der Waals surface area contributed by atoms with E-state index < -0.39 is 4.92 Å². The molecular formula is C9H5Br2NO3. The fourth-order valence-electron chi connectivity index (χ4n) is 1.31. The third kappa shape index (κ3) is 1.91. The van der Waals surface area contributed by atoms with E-state index in [0.717, 1.165) is 11.1 Å². The van der Waals surface area contributed by atoms with Crippen molar-refractivity contribution in [1.82, 2.24) is 0 Å². The Bertz CT molecular complexity index is 535. The second-order valence-electron chi connectivity index (χ2n) is 2.94. The van der Waals surface area contributed by atoms with Crippen LogP contribution < -0.4 is 0 Å². The Balaban J connectivity index is 2.68. The Hall–Kier alpha value is -0.880. The normalized spacial score (nSPS) is 10.8. The van der Waals surface area contributed by atoms with Crippen molar-refractivity contribution in [2.45, 2.75) is 5.33 Å². The second kappa shape index (κ2) is 3.94. The highest BCUT2D eigenvalue weighted by atomic mass is 79.9. The molecule has 0 aliphatic rings. The van der Waals surface area contributed by atoms with Crippen LogP contribution >= 0.6 is 31.9 Å². The van der Waals surface area contributed by atoms with E-state index in [2.05, 4.69) is 31.9 Å². The molecule has 0 aliphatic carbocycles. The highest BCUT2D eigenvalue weighted by Crippen LogP contribution is 2.32. The number of halogens is 2. The number of fused-ring (bicyclic) bond motifs is 1. The van der Waals surface area contributed by atoms with E-state index in [1.54, 1.807) is 12.1 Å². The van der Waals surface area contributed by atoms with Crippen LogP contribution in [0.3, 0.4) is 0 Å². The van der Waals surface area contributed by atoms with E-state index in [1.165, 1.54) is 6.07 Å². The molecule has 6 heteroatoms. The first-order chi connectivity index (χ1) is 7.11. The molecular weight excluding hydrogens is 330 g/mol. The summed E-state index contributed by atoms with van der Waals surface area (Å²) in [5.41, 5.74) is 0.686. The minimum absolute atomic E-state index is 0.0458. The maximum absolute atomic E-state index is 10.7. The zero-order valence-electron chi connectivity index (χ0n) is 7.37. The first-order valence-electron chi connectivity index (χ1n) is 4.04. The van der Waals surface area contributed by atoms with Gasteiger partial charge in [0.1, 0.15) is 11.3 Å². The third-order valence-electron chi connectivity index (χ3n) is 1.97. The number of furan rings is 1. The summed E-state index contributed by atoms with van der Waals surface area (Å²) in [6.45, 7) is 0. The van der Waals surface area contributed by atoms with Gasteiger partial charge in [-0.05, 0) is 22.0 Å². The summed E-state index contributed by atoms with van der Waals surface area (Å²) in [5, 5.41) is 12.0. The van der Waals surface area contributed by atoms with Crippen LogP contribution in [0.2, 0.25) is 0 Å². The van der Waals surface area contributed by atoms with Gasteiger partial charge in [-0.25, -0.2) is 0 Å². The van der Waals surface area contributed by atoms with Crippen molar-refractivity contribution >= 4 is 48.5 Å². The van der Waals surface area contributed by atoms with E-state index >= 15 is 0 Å². The lowest BCUT2D eigenvalue weighted by molar-refractivity contribution is -0.385. The zero-order chi connectivity index (χ0) is 11.0. The van der Waals surface area contributed by atoms with Crippen molar-refractivity contribution in [2.24, 2.45) is 0 Å². The molecule has 0 amide bonds. The van der Waals surface area contributed by atoms with Crippen LogP contribution in [-0.4, -0.2) is 4.92 Å². The zero-order valence-corrected chi connectivity index (χ0v) is 10.5. The van der Waals surface area contributed by atoms with Gasteiger partial charge in [-0.15, -0.1) is 0 Å². The molecule has 1 aromatic heterocycles. The summed E-state index contributed by atoms with van der Waals surface area (Å²) in [7, 11) is 0. The van der Waals surface area contributed by atoms with Gasteiger partial charge in [0, 0.05) is 17.5 Å². The van der Waals surface area contributed by atoms with Crippen molar-refractivity contribution in [3.63, 3.8) is 0 Å². The molecule has 0 fully saturated rings. The van der Waals surface area contributed by atoms with E-state index in [0.29, 0.717) is 15.4 Å². The van der Waals surface area contributed by atoms with Gasteiger partial charge in [-0.3, -0.25) is 10.1 Å². The van der Waals surface area contributed by atoms with E-state index in [4.69, 9.17) is 4.42 Å². The van der Waals surface area contributed by atoms with Crippen LogP contribution in [-0.2, 0) is 5.33 Å². The molecule has 2 rings (SSSR count). The van der Waals surface area contributed by atoms with Crippen LogP contribution in [0.15, 0.2) is 27.1 Å². The van der Waals surface area contributed by atoms with Gasteiger partial charge in [0.25, 0.3) is 5.69 Å². The summed E-state index contributed by atoms with van der Waals surface area (Å²) in [6, 6.07) is 4.89. The van der Waals surface area contributed by atoms with Gasteiger partial charge in [-0.1, -0.05) is 15.9 Å². The molecule has 15 heavy (non-hydrogen) atoms. The number of nitrogens with zero attached hydrogens (tertiary/aromatic N) is 1. The SMILES string of the molecule is O=[N+]([O-])c1cc2cc(CBr)oc2cc1Br. The van der Waals surface area contributed by atoms with E-state index in [9.17, 15) is 10.1 Å². The largest absolute Gasteiger partial charge is 0.460 e. The fourth-order valence-corrected chi connectivity index (χ4v) is 2.05. The lowest BCUT2D eigenvalue weighted by Gasteiger charge is -1.94. The molecule has 1 heterocycles. The number of benzene rings is 1. The van der Waals surface area contributed by atoms with Crippen molar-refractivity contribution < 1.29 is 9.34 Å². The highest BCUT2D eigenvalue weighted by Gasteiger charge is 2.15. The lowest BCUT2D eigenvalue weighted by atomic mass is 10.2. The molecule has 0 radical (unpaired) electrons. The fraction of sp³-hybridized carbons (Fsp3) is 0.111. The number of rotatable bonds is 2. The average molecular weight is 335 g/mol. The number of nitro benzene ring substituents is 1. The second-order valence-corrected chi connectivity index (χ2v) is 4.36. The van der Waals surface area contributed by atoms with Crippen molar-refractivity contribution in [3.05, 3.63) is 38.5 Å². The molecule has 0 N–H and O–H groups in total. The molecule has 0 spiro atoms. The summed E-state index contributed by atoms with van der Waals surface area (Å²) >= 11 is 6.40. The number of hydrogen-bond acceptors (Lipinski definition) is 3. The molecule has 4 nitrogen and oxygen atoms in total. The summed E-state index contributed by atoms with van der Waals surface area (Å²) in [4.78, 5) is 10.3. The number of hydrogen-bond donors (Lipinski definition) is 0. The first-order valence-corrected chi connectivity index (χ1v) is 5.95. The topological polar surface area (TPSA) is 56.3 Å². The van der Waals surface area contributed by atoms with Crippen molar-refractivity contribution in [3.8, 4) is 0 Å². The Morgan fingerprint density at radius 3 is 2.73 bits per heavy atom. The smallest absolute Gasteiger partial charge is 0.284 e. The van der Waals surface area contributed by atoms with E-state index in [-0.39, 0.29) is 5.69 Å². The quantitative estimate of drug-likeness (QED) is 0.474. The van der Waals surface area contributed by atoms with Crippen molar-refractivity contribution in [2.75, 3.05) is 0 Å². The molecule has 78 valence electrons. The summed E-state index contributed by atoms with van der Waals surface area (Å²) in [5.74, 6) is 0.748. The molecule has 0 aliphatic heterocycles. The maximum atomic E-state index is 10.7. The first kappa shape index (κ1) is 10.6. The van der Waals surface area contributed by atoms with Crippen LogP contribution in [0, 0.1) is 10.1 Å². The minimum Gasteiger partial charge on any atom is -0.460 e. The number of nitro groups is 1. The van der Waals surface area contributed by atoms with Gasteiger partial charge in [0.15, 0.2) is 0 Å². The van der Waals surface area contributed by atoms with Crippen LogP contribution in [0.25, 0.3) is 11.0 Å². The third-order valence-corrected chi connectivity index (χ3v) is 3.15. The summed E-state index contributed by atoms with van der Waals surface area (Å²) in [6.07, 6.45) is 0. The van der Waals surface area contributed by atoms with Gasteiger partial charge >= 0.3 is 0 Å². The standard InChI is InChI=1S/C9H5Br2NO3/c10-4-6-1-5-2-8(12(13)14)7(11)3-9(5)15-6/h1-3H,4H2. The van der Waals surface area contributed by atoms with Crippen LogP contribution in [0.1, 0.15) is 5.76 Å². The predicted molar refractivity (Wildman–Crippen MR) is 63.2 cm³/mol. The Morgan fingerprint density at radius 2 is 2.13 bits per heavy atom. The van der Waals surface area contributed by atoms with Crippen LogP contribution in [0.5, 0.6) is 0 Å². The molecule has 0 atom stereocenters. The van der Waals surface area contributed by atoms with E-state index in [1.807, 2.05) is 0 Å². The average Bonchev–Trinajstić information content (AvgIpc) is 2.58. The maximum Gasteiger partial charge on any atom is 0.284 e. The molecule has 0 saturated heterocycles. The van der Waals surface area contributed by atoms with Gasteiger partial charge in [0.05, 0.1) is 14.7 Å². The van der Waals surface area contributed by atoms with Crippen LogP contribution in [0.4, 0.5) is 5.69 Å². The Kier molecular flexibility index (Phi) is 2.79. The Morgan fingerprint density at radius 1 is 1.40 bits per heavy atom. The minimum atomic E-state index is -0.426.